The van der Waals surface area contributed by atoms with Gasteiger partial charge in [-0.05, 0) is 43.4 Å². The lowest BCUT2D eigenvalue weighted by molar-refractivity contribution is -0.113. The van der Waals surface area contributed by atoms with E-state index in [0.29, 0.717) is 16.7 Å². The summed E-state index contributed by atoms with van der Waals surface area (Å²) in [7, 11) is 0. The van der Waals surface area contributed by atoms with Gasteiger partial charge in [0.05, 0.1) is 12.3 Å². The van der Waals surface area contributed by atoms with Crippen molar-refractivity contribution < 1.29 is 4.79 Å². The summed E-state index contributed by atoms with van der Waals surface area (Å²) >= 11 is 2.68. The Morgan fingerprint density at radius 2 is 2.10 bits per heavy atom. The van der Waals surface area contributed by atoms with Gasteiger partial charge in [0.2, 0.25) is 11.0 Å². The first-order valence-corrected chi connectivity index (χ1v) is 11.2. The molecule has 8 nitrogen and oxygen atoms in total. The van der Waals surface area contributed by atoms with Crippen LogP contribution in [0.15, 0.2) is 34.3 Å². The molecule has 0 atom stereocenters. The SMILES string of the molecule is CCc1nnc(NC(=O)CSc2nc(=O)n(Cc3ccncc3)c3c2CCC3)s1. The van der Waals surface area contributed by atoms with E-state index in [0.717, 1.165) is 47.5 Å². The number of fused-ring (bicyclic) bond motifs is 1. The van der Waals surface area contributed by atoms with E-state index in [1.54, 1.807) is 17.0 Å². The maximum Gasteiger partial charge on any atom is 0.349 e. The number of anilines is 1. The number of hydrogen-bond donors (Lipinski definition) is 1. The maximum atomic E-state index is 12.7. The fourth-order valence-electron chi connectivity index (χ4n) is 3.28. The smallest absolute Gasteiger partial charge is 0.300 e. The fourth-order valence-corrected chi connectivity index (χ4v) is 4.85. The number of thioether (sulfide) groups is 1. The van der Waals surface area contributed by atoms with Gasteiger partial charge in [0.1, 0.15) is 10.0 Å². The number of nitrogens with zero attached hydrogens (tertiary/aromatic N) is 5. The first-order valence-electron chi connectivity index (χ1n) is 9.40. The van der Waals surface area contributed by atoms with Gasteiger partial charge in [-0.3, -0.25) is 19.7 Å². The van der Waals surface area contributed by atoms with Crippen molar-refractivity contribution in [1.82, 2.24) is 24.7 Å². The normalized spacial score (nSPS) is 12.7. The lowest BCUT2D eigenvalue weighted by atomic mass is 10.2. The van der Waals surface area contributed by atoms with Gasteiger partial charge in [-0.25, -0.2) is 4.79 Å². The number of nitrogens with one attached hydrogen (secondary N) is 1. The van der Waals surface area contributed by atoms with Crippen molar-refractivity contribution in [2.45, 2.75) is 44.2 Å². The largest absolute Gasteiger partial charge is 0.349 e. The molecule has 4 rings (SSSR count). The molecule has 3 aromatic heterocycles. The number of pyridine rings is 1. The zero-order chi connectivity index (χ0) is 20.2. The first kappa shape index (κ1) is 19.7. The summed E-state index contributed by atoms with van der Waals surface area (Å²) in [4.78, 5) is 33.3. The average Bonchev–Trinajstić information content (AvgIpc) is 3.39. The zero-order valence-electron chi connectivity index (χ0n) is 15.9. The second-order valence-corrected chi connectivity index (χ2v) is 8.64. The molecule has 3 heterocycles. The van der Waals surface area contributed by atoms with Crippen LogP contribution in [0.2, 0.25) is 0 Å². The molecule has 29 heavy (non-hydrogen) atoms. The van der Waals surface area contributed by atoms with Crippen molar-refractivity contribution in [3.05, 3.63) is 56.8 Å². The Kier molecular flexibility index (Phi) is 6.00. The lowest BCUT2D eigenvalue weighted by Crippen LogP contribution is -2.28. The van der Waals surface area contributed by atoms with Crippen molar-refractivity contribution in [2.24, 2.45) is 0 Å². The molecule has 0 radical (unpaired) electrons. The molecular weight excluding hydrogens is 408 g/mol. The highest BCUT2D eigenvalue weighted by Crippen LogP contribution is 2.29. The number of aromatic nitrogens is 5. The van der Waals surface area contributed by atoms with Gasteiger partial charge < -0.3 is 0 Å². The van der Waals surface area contributed by atoms with Crippen LogP contribution in [0.1, 0.15) is 35.2 Å². The molecule has 1 amide bonds. The van der Waals surface area contributed by atoms with Crippen LogP contribution in [0.3, 0.4) is 0 Å². The topological polar surface area (TPSA) is 103 Å². The summed E-state index contributed by atoms with van der Waals surface area (Å²) < 4.78 is 1.75. The lowest BCUT2D eigenvalue weighted by Gasteiger charge is -2.14. The minimum Gasteiger partial charge on any atom is -0.300 e. The van der Waals surface area contributed by atoms with Gasteiger partial charge in [-0.2, -0.15) is 4.98 Å². The number of carbonyl (C=O) groups is 1. The van der Waals surface area contributed by atoms with Gasteiger partial charge >= 0.3 is 5.69 Å². The number of carbonyl (C=O) groups excluding carboxylic acids is 1. The molecule has 0 saturated heterocycles. The van der Waals surface area contributed by atoms with E-state index < -0.39 is 0 Å². The van der Waals surface area contributed by atoms with Crippen LogP contribution in [0.25, 0.3) is 0 Å². The summed E-state index contributed by atoms with van der Waals surface area (Å²) in [5, 5.41) is 12.8. The van der Waals surface area contributed by atoms with Gasteiger partial charge in [0.15, 0.2) is 0 Å². The Morgan fingerprint density at radius 3 is 2.86 bits per heavy atom. The molecule has 1 N–H and O–H groups in total. The second-order valence-electron chi connectivity index (χ2n) is 6.61. The minimum atomic E-state index is -0.276. The molecule has 0 spiro atoms. The van der Waals surface area contributed by atoms with Crippen LogP contribution >= 0.6 is 23.1 Å². The molecule has 0 bridgehead atoms. The van der Waals surface area contributed by atoms with Crippen LogP contribution in [-0.2, 0) is 30.6 Å². The molecule has 0 aliphatic heterocycles. The van der Waals surface area contributed by atoms with Crippen LogP contribution in [0.5, 0.6) is 0 Å². The summed E-state index contributed by atoms with van der Waals surface area (Å²) in [6.07, 6.45) is 6.94. The highest BCUT2D eigenvalue weighted by Gasteiger charge is 2.22. The van der Waals surface area contributed by atoms with Gasteiger partial charge in [-0.1, -0.05) is 30.0 Å². The van der Waals surface area contributed by atoms with Crippen LogP contribution < -0.4 is 11.0 Å². The van der Waals surface area contributed by atoms with E-state index in [1.165, 1.54) is 23.1 Å². The molecule has 10 heteroatoms. The molecule has 0 fully saturated rings. The number of rotatable bonds is 7. The van der Waals surface area contributed by atoms with Crippen molar-refractivity contribution in [3.8, 4) is 0 Å². The molecular formula is C19H20N6O2S2. The van der Waals surface area contributed by atoms with E-state index in [9.17, 15) is 9.59 Å². The predicted molar refractivity (Wildman–Crippen MR) is 113 cm³/mol. The number of aryl methyl sites for hydroxylation is 1. The Hall–Kier alpha value is -2.59. The summed E-state index contributed by atoms with van der Waals surface area (Å²) in [6.45, 7) is 2.48. The van der Waals surface area contributed by atoms with Gasteiger partial charge in [0.25, 0.3) is 0 Å². The molecule has 150 valence electrons. The Labute approximate surface area is 175 Å². The van der Waals surface area contributed by atoms with Crippen LogP contribution in [0, 0.1) is 0 Å². The highest BCUT2D eigenvalue weighted by molar-refractivity contribution is 8.00. The zero-order valence-corrected chi connectivity index (χ0v) is 17.6. The molecule has 1 aliphatic carbocycles. The summed E-state index contributed by atoms with van der Waals surface area (Å²) in [5.74, 6) is -0.00260. The third-order valence-electron chi connectivity index (χ3n) is 4.65. The van der Waals surface area contributed by atoms with Crippen LogP contribution in [-0.4, -0.2) is 36.4 Å². The minimum absolute atomic E-state index is 0.175. The number of hydrogen-bond acceptors (Lipinski definition) is 8. The average molecular weight is 429 g/mol. The monoisotopic (exact) mass is 428 g/mol. The molecule has 1 aliphatic rings. The summed E-state index contributed by atoms with van der Waals surface area (Å²) in [5.41, 5.74) is 2.85. The van der Waals surface area contributed by atoms with Crippen molar-refractivity contribution in [3.63, 3.8) is 0 Å². The summed E-state index contributed by atoms with van der Waals surface area (Å²) in [6, 6.07) is 3.80. The molecule has 3 aromatic rings. The fraction of sp³-hybridized carbons (Fsp3) is 0.368. The molecule has 0 aromatic carbocycles. The quantitative estimate of drug-likeness (QED) is 0.455. The van der Waals surface area contributed by atoms with E-state index in [1.807, 2.05) is 19.1 Å². The first-order chi connectivity index (χ1) is 14.1. The standard InChI is InChI=1S/C19H20N6O2S2/c1-2-16-23-24-18(29-16)21-15(26)11-28-17-13-4-3-5-14(13)25(19(27)22-17)10-12-6-8-20-9-7-12/h6-9H,2-5,10-11H2,1H3,(H,21,24,26). The second kappa shape index (κ2) is 8.83. The predicted octanol–water partition coefficient (Wildman–Crippen LogP) is 2.32. The van der Waals surface area contributed by atoms with Crippen molar-refractivity contribution >= 4 is 34.1 Å². The van der Waals surface area contributed by atoms with Crippen molar-refractivity contribution in [2.75, 3.05) is 11.1 Å². The van der Waals surface area contributed by atoms with Crippen LogP contribution in [0.4, 0.5) is 5.13 Å². The Morgan fingerprint density at radius 1 is 1.28 bits per heavy atom. The van der Waals surface area contributed by atoms with Gasteiger partial charge in [0, 0.05) is 23.7 Å². The van der Waals surface area contributed by atoms with Crippen molar-refractivity contribution in [1.29, 1.82) is 0 Å². The Bertz CT molecular complexity index is 1080. The third-order valence-corrected chi connectivity index (χ3v) is 6.65. The van der Waals surface area contributed by atoms with E-state index >= 15 is 0 Å². The third kappa shape index (κ3) is 4.54. The van der Waals surface area contributed by atoms with E-state index in [-0.39, 0.29) is 17.3 Å². The Balaban J connectivity index is 1.48. The van der Waals surface area contributed by atoms with Gasteiger partial charge in [-0.15, -0.1) is 10.2 Å². The number of amides is 1. The molecule has 0 unspecified atom stereocenters. The maximum absolute atomic E-state index is 12.7. The van der Waals surface area contributed by atoms with E-state index in [4.69, 9.17) is 0 Å². The highest BCUT2D eigenvalue weighted by atomic mass is 32.2. The molecule has 0 saturated carbocycles. The van der Waals surface area contributed by atoms with E-state index in [2.05, 4.69) is 25.5 Å².